The van der Waals surface area contributed by atoms with Gasteiger partial charge in [-0.15, -0.1) is 24.0 Å². The number of aromatic nitrogens is 2. The van der Waals surface area contributed by atoms with Crippen LogP contribution in [0.15, 0.2) is 29.3 Å². The van der Waals surface area contributed by atoms with Gasteiger partial charge in [0.25, 0.3) is 0 Å². The number of carbonyl (C=O) groups is 1. The van der Waals surface area contributed by atoms with Gasteiger partial charge in [0.05, 0.1) is 11.0 Å². The minimum Gasteiger partial charge on any atom is -0.444 e. The summed E-state index contributed by atoms with van der Waals surface area (Å²) in [4.78, 5) is 25.0. The van der Waals surface area contributed by atoms with Gasteiger partial charge in [-0.3, -0.25) is 4.99 Å². The number of aliphatic imine (C=N–C) groups is 1. The number of para-hydroxylation sites is 2. The van der Waals surface area contributed by atoms with Crippen molar-refractivity contribution in [2.24, 2.45) is 10.7 Å². The Kier molecular flexibility index (Phi) is 8.34. The van der Waals surface area contributed by atoms with Crippen LogP contribution in [0.3, 0.4) is 0 Å². The number of aryl methyl sites for hydroxylation is 2. The lowest BCUT2D eigenvalue weighted by molar-refractivity contribution is 0.0186. The standard InChI is InChI=1S/C21H32N6O2.HI/c1-16-24-17-8-5-6-9-18(17)27(16)11-7-10-23-19(22)25-12-14-26(15-13-25)20(28)29-21(2,3)4;/h5-6,8-9H,7,10-15H2,1-4H3,(H2,22,23);1H. The molecule has 1 aromatic carbocycles. The zero-order valence-electron chi connectivity index (χ0n) is 18.3. The molecule has 166 valence electrons. The molecule has 1 fully saturated rings. The van der Waals surface area contributed by atoms with Crippen molar-refractivity contribution in [2.75, 3.05) is 32.7 Å². The van der Waals surface area contributed by atoms with Crippen LogP contribution in [0.4, 0.5) is 4.79 Å². The van der Waals surface area contributed by atoms with Crippen molar-refractivity contribution in [3.05, 3.63) is 30.1 Å². The number of hydrogen-bond acceptors (Lipinski definition) is 4. The van der Waals surface area contributed by atoms with Crippen LogP contribution in [0, 0.1) is 6.92 Å². The molecule has 9 heteroatoms. The lowest BCUT2D eigenvalue weighted by atomic mass is 10.2. The largest absolute Gasteiger partial charge is 0.444 e. The molecular weight excluding hydrogens is 495 g/mol. The van der Waals surface area contributed by atoms with E-state index in [1.165, 1.54) is 0 Å². The Labute approximate surface area is 195 Å². The predicted molar refractivity (Wildman–Crippen MR) is 130 cm³/mol. The molecule has 8 nitrogen and oxygen atoms in total. The quantitative estimate of drug-likeness (QED) is 0.285. The van der Waals surface area contributed by atoms with Crippen molar-refractivity contribution in [1.29, 1.82) is 0 Å². The molecule has 0 unspecified atom stereocenters. The van der Waals surface area contributed by atoms with Gasteiger partial charge in [-0.1, -0.05) is 12.1 Å². The maximum atomic E-state index is 12.2. The van der Waals surface area contributed by atoms with Crippen molar-refractivity contribution in [1.82, 2.24) is 19.4 Å². The number of hydrogen-bond donors (Lipinski definition) is 1. The first-order chi connectivity index (χ1) is 13.7. The number of amides is 1. The van der Waals surface area contributed by atoms with Gasteiger partial charge in [0.2, 0.25) is 0 Å². The summed E-state index contributed by atoms with van der Waals surface area (Å²) in [5.74, 6) is 1.56. The summed E-state index contributed by atoms with van der Waals surface area (Å²) >= 11 is 0. The number of guanidine groups is 1. The normalized spacial score (nSPS) is 15.3. The molecule has 2 N–H and O–H groups in total. The fraction of sp³-hybridized carbons (Fsp3) is 0.571. The highest BCUT2D eigenvalue weighted by Crippen LogP contribution is 2.16. The van der Waals surface area contributed by atoms with E-state index in [0.717, 1.165) is 29.8 Å². The van der Waals surface area contributed by atoms with Gasteiger partial charge in [-0.2, -0.15) is 0 Å². The molecule has 1 aliphatic heterocycles. The first kappa shape index (κ1) is 24.2. The fourth-order valence-corrected chi connectivity index (χ4v) is 3.45. The highest BCUT2D eigenvalue weighted by Gasteiger charge is 2.26. The number of ether oxygens (including phenoxy) is 1. The third-order valence-corrected chi connectivity index (χ3v) is 4.91. The maximum absolute atomic E-state index is 12.2. The second kappa shape index (κ2) is 10.3. The van der Waals surface area contributed by atoms with Gasteiger partial charge < -0.3 is 24.8 Å². The molecule has 1 amide bonds. The number of nitrogens with zero attached hydrogens (tertiary/aromatic N) is 5. The van der Waals surface area contributed by atoms with Crippen LogP contribution in [-0.4, -0.2) is 69.7 Å². The molecule has 3 rings (SSSR count). The van der Waals surface area contributed by atoms with E-state index in [0.29, 0.717) is 38.7 Å². The van der Waals surface area contributed by atoms with E-state index >= 15 is 0 Å². The number of halogens is 1. The van der Waals surface area contributed by atoms with E-state index in [9.17, 15) is 4.79 Å². The number of benzene rings is 1. The van der Waals surface area contributed by atoms with Crippen molar-refractivity contribution < 1.29 is 9.53 Å². The molecule has 0 radical (unpaired) electrons. The van der Waals surface area contributed by atoms with E-state index in [2.05, 4.69) is 20.6 Å². The minimum absolute atomic E-state index is 0. The van der Waals surface area contributed by atoms with Gasteiger partial charge >= 0.3 is 6.09 Å². The summed E-state index contributed by atoms with van der Waals surface area (Å²) < 4.78 is 7.65. The van der Waals surface area contributed by atoms with Crippen LogP contribution in [0.1, 0.15) is 33.0 Å². The number of carbonyl (C=O) groups excluding carboxylic acids is 1. The summed E-state index contributed by atoms with van der Waals surface area (Å²) in [7, 11) is 0. The van der Waals surface area contributed by atoms with E-state index in [-0.39, 0.29) is 30.1 Å². The number of imidazole rings is 1. The third kappa shape index (κ3) is 6.23. The van der Waals surface area contributed by atoms with Gasteiger partial charge in [0.15, 0.2) is 5.96 Å². The van der Waals surface area contributed by atoms with Crippen LogP contribution in [0.2, 0.25) is 0 Å². The van der Waals surface area contributed by atoms with E-state index < -0.39 is 5.60 Å². The molecule has 0 spiro atoms. The Balaban J connectivity index is 0.00000320. The summed E-state index contributed by atoms with van der Waals surface area (Å²) in [5.41, 5.74) is 7.87. The molecule has 0 atom stereocenters. The number of fused-ring (bicyclic) bond motifs is 1. The van der Waals surface area contributed by atoms with Gasteiger partial charge in [0.1, 0.15) is 11.4 Å². The first-order valence-corrected chi connectivity index (χ1v) is 10.2. The van der Waals surface area contributed by atoms with Crippen LogP contribution in [-0.2, 0) is 11.3 Å². The van der Waals surface area contributed by atoms with Crippen molar-refractivity contribution in [3.8, 4) is 0 Å². The van der Waals surface area contributed by atoms with Gasteiger partial charge in [-0.05, 0) is 46.2 Å². The SMILES string of the molecule is Cc1nc2ccccc2n1CCCN=C(N)N1CCN(C(=O)OC(C)(C)C)CC1.I. The zero-order valence-corrected chi connectivity index (χ0v) is 20.6. The van der Waals surface area contributed by atoms with E-state index in [1.54, 1.807) is 4.90 Å². The average Bonchev–Trinajstić information content (AvgIpc) is 2.99. The lowest BCUT2D eigenvalue weighted by Gasteiger charge is -2.36. The fourth-order valence-electron chi connectivity index (χ4n) is 3.45. The number of nitrogens with two attached hydrogens (primary N) is 1. The highest BCUT2D eigenvalue weighted by atomic mass is 127. The molecule has 2 heterocycles. The van der Waals surface area contributed by atoms with Crippen molar-refractivity contribution in [2.45, 2.75) is 46.3 Å². The van der Waals surface area contributed by atoms with Crippen LogP contribution in [0.25, 0.3) is 11.0 Å². The molecule has 2 aromatic rings. The second-order valence-electron chi connectivity index (χ2n) is 8.35. The van der Waals surface area contributed by atoms with Gasteiger partial charge in [-0.25, -0.2) is 9.78 Å². The van der Waals surface area contributed by atoms with Crippen LogP contribution < -0.4 is 5.73 Å². The average molecular weight is 528 g/mol. The summed E-state index contributed by atoms with van der Waals surface area (Å²) in [6.07, 6.45) is 0.621. The molecule has 1 aromatic heterocycles. The third-order valence-electron chi connectivity index (χ3n) is 4.91. The van der Waals surface area contributed by atoms with E-state index in [4.69, 9.17) is 10.5 Å². The first-order valence-electron chi connectivity index (χ1n) is 10.2. The maximum Gasteiger partial charge on any atom is 0.410 e. The van der Waals surface area contributed by atoms with Crippen LogP contribution >= 0.6 is 24.0 Å². The molecule has 0 saturated carbocycles. The Morgan fingerprint density at radius 3 is 2.47 bits per heavy atom. The van der Waals surface area contributed by atoms with Gasteiger partial charge in [0, 0.05) is 39.3 Å². The van der Waals surface area contributed by atoms with Crippen LogP contribution in [0.5, 0.6) is 0 Å². The monoisotopic (exact) mass is 528 g/mol. The Morgan fingerprint density at radius 2 is 1.80 bits per heavy atom. The number of rotatable bonds is 4. The second-order valence-corrected chi connectivity index (χ2v) is 8.35. The zero-order chi connectivity index (χ0) is 21.0. The Hall–Kier alpha value is -2.04. The van der Waals surface area contributed by atoms with E-state index in [1.807, 2.05) is 50.8 Å². The molecular formula is C21H33IN6O2. The Bertz CT molecular complexity index is 881. The summed E-state index contributed by atoms with van der Waals surface area (Å²) in [6.45, 7) is 11.7. The molecule has 1 saturated heterocycles. The summed E-state index contributed by atoms with van der Waals surface area (Å²) in [6, 6.07) is 8.17. The number of piperazine rings is 1. The smallest absolute Gasteiger partial charge is 0.410 e. The van der Waals surface area contributed by atoms with Crippen molar-refractivity contribution in [3.63, 3.8) is 0 Å². The predicted octanol–water partition coefficient (Wildman–Crippen LogP) is 3.22. The molecule has 30 heavy (non-hydrogen) atoms. The van der Waals surface area contributed by atoms with Crippen molar-refractivity contribution >= 4 is 47.1 Å². The minimum atomic E-state index is -0.479. The Morgan fingerprint density at radius 1 is 1.17 bits per heavy atom. The molecule has 0 aliphatic carbocycles. The topological polar surface area (TPSA) is 89.0 Å². The lowest BCUT2D eigenvalue weighted by Crippen LogP contribution is -2.53. The summed E-state index contributed by atoms with van der Waals surface area (Å²) in [5, 5.41) is 0. The highest BCUT2D eigenvalue weighted by molar-refractivity contribution is 14.0. The molecule has 0 bridgehead atoms. The molecule has 1 aliphatic rings.